The predicted octanol–water partition coefficient (Wildman–Crippen LogP) is 0.588. The molecule has 0 aliphatic heterocycles. The molecule has 3 aliphatic rings. The molecule has 1 unspecified atom stereocenters. The van der Waals surface area contributed by atoms with Gasteiger partial charge in [-0.25, -0.2) is 4.39 Å². The van der Waals surface area contributed by atoms with Crippen molar-refractivity contribution in [2.75, 3.05) is 53.4 Å². The van der Waals surface area contributed by atoms with Crippen LogP contribution in [0.4, 0.5) is 10.1 Å². The van der Waals surface area contributed by atoms with Crippen LogP contribution in [0, 0.1) is 11.8 Å². The molecule has 0 heterocycles. The summed E-state index contributed by atoms with van der Waals surface area (Å²) in [6.45, 7) is -0.336. The largest absolute Gasteiger partial charge is 0.510 e. The number of phenols is 1. The highest BCUT2D eigenvalue weighted by Gasteiger charge is 2.63. The van der Waals surface area contributed by atoms with Crippen molar-refractivity contribution in [3.8, 4) is 5.75 Å². The van der Waals surface area contributed by atoms with E-state index in [0.717, 1.165) is 0 Å². The first kappa shape index (κ1) is 28.5. The maximum absolute atomic E-state index is 14.0. The fraction of sp³-hybridized carbons (Fsp3) is 0.519. The minimum absolute atomic E-state index is 0.0143. The van der Waals surface area contributed by atoms with Gasteiger partial charge in [0, 0.05) is 49.9 Å². The minimum atomic E-state index is -2.69. The number of fused-ring (bicyclic) bond motifs is 3. The lowest BCUT2D eigenvalue weighted by Crippen LogP contribution is -2.63. The Morgan fingerprint density at radius 2 is 1.79 bits per heavy atom. The quantitative estimate of drug-likeness (QED) is 0.305. The summed E-state index contributed by atoms with van der Waals surface area (Å²) in [4.78, 5) is 44.4. The van der Waals surface area contributed by atoms with E-state index in [2.05, 4.69) is 0 Å². The lowest BCUT2D eigenvalue weighted by molar-refractivity contribution is -0.148. The Labute approximate surface area is 225 Å². The van der Waals surface area contributed by atoms with Gasteiger partial charge in [-0.05, 0) is 51.5 Å². The van der Waals surface area contributed by atoms with E-state index < -0.39 is 64.7 Å². The molecule has 1 aromatic carbocycles. The van der Waals surface area contributed by atoms with Crippen molar-refractivity contribution >= 4 is 23.2 Å². The number of nitrogens with two attached hydrogens (primary N) is 1. The van der Waals surface area contributed by atoms with E-state index in [1.54, 1.807) is 51.1 Å². The maximum Gasteiger partial charge on any atom is 0.255 e. The van der Waals surface area contributed by atoms with E-state index in [1.165, 1.54) is 4.90 Å². The lowest BCUT2D eigenvalue weighted by Gasteiger charge is -2.50. The summed E-state index contributed by atoms with van der Waals surface area (Å²) in [6, 6.07) is 0.690. The first-order valence-corrected chi connectivity index (χ1v) is 12.6. The van der Waals surface area contributed by atoms with Crippen LogP contribution in [0.2, 0.25) is 0 Å². The molecule has 12 heteroatoms. The van der Waals surface area contributed by atoms with E-state index >= 15 is 0 Å². The van der Waals surface area contributed by atoms with Crippen LogP contribution in [-0.2, 0) is 22.6 Å². The molecule has 1 amide bonds. The van der Waals surface area contributed by atoms with Crippen LogP contribution < -0.4 is 10.6 Å². The number of rotatable bonds is 7. The number of aliphatic hydroxyl groups is 3. The van der Waals surface area contributed by atoms with Crippen LogP contribution in [0.25, 0.3) is 0 Å². The molecule has 212 valence electrons. The number of phenolic OH excluding ortho intramolecular Hbond substituents is 1. The first-order chi connectivity index (χ1) is 18.2. The van der Waals surface area contributed by atoms with Crippen LogP contribution in [0.15, 0.2) is 28.7 Å². The van der Waals surface area contributed by atoms with E-state index in [-0.39, 0.29) is 42.8 Å². The number of ketones is 2. The number of hydrogen-bond donors (Lipinski definition) is 5. The first-order valence-electron chi connectivity index (χ1n) is 12.6. The Hall–Kier alpha value is -3.48. The van der Waals surface area contributed by atoms with E-state index in [1.807, 2.05) is 0 Å². The number of carbonyl (C=O) groups is 3. The predicted molar refractivity (Wildman–Crippen MR) is 140 cm³/mol. The van der Waals surface area contributed by atoms with Crippen molar-refractivity contribution in [3.05, 3.63) is 45.4 Å². The number of carbonyl (C=O) groups excluding carboxylic acids is 3. The second-order valence-electron chi connectivity index (χ2n) is 11.0. The molecule has 0 radical (unpaired) electrons. The second kappa shape index (κ2) is 9.92. The number of alkyl halides is 1. The number of halogens is 1. The third kappa shape index (κ3) is 4.17. The Kier molecular flexibility index (Phi) is 7.26. The monoisotopic (exact) mass is 546 g/mol. The molecular formula is C27H35FN4O7. The van der Waals surface area contributed by atoms with Crippen molar-refractivity contribution in [2.45, 2.75) is 31.0 Å². The SMILES string of the molecule is CN(CCF)Cc1cc(N(C)C)c2c(c1O)C(=O)C1=C(O)[C@]3(O)C(=O)C(C(N)=O)=C(O)C(N(C)C)[C@@H]3C[C@@H]1C2. The number of nitrogens with zero attached hydrogens (tertiary/aromatic N) is 3. The van der Waals surface area contributed by atoms with Crippen LogP contribution >= 0.6 is 0 Å². The summed E-state index contributed by atoms with van der Waals surface area (Å²) in [7, 11) is 8.40. The smallest absolute Gasteiger partial charge is 0.255 e. The standard InChI is InChI=1S/C27H35FN4O7/c1-30(2)16-10-13(11-32(5)7-6-28)21(33)18-14(16)8-12-9-15-20(31(3)4)23(35)19(26(29)38)25(37)27(15,39)24(36)17(12)22(18)34/h10,12,15,20,33,35-36,39H,6-9,11H2,1-5H3,(H2,29,38)/t12-,15-,20?,27-/m0/s1. The molecular weight excluding hydrogens is 511 g/mol. The number of anilines is 1. The van der Waals surface area contributed by atoms with Gasteiger partial charge in [0.2, 0.25) is 5.78 Å². The number of hydrogen-bond acceptors (Lipinski definition) is 10. The zero-order valence-electron chi connectivity index (χ0n) is 22.7. The summed E-state index contributed by atoms with van der Waals surface area (Å²) >= 11 is 0. The number of Topliss-reactive ketones (excluding diaryl/α,β-unsaturated/α-hetero) is 2. The molecule has 4 atom stereocenters. The third-order valence-corrected chi connectivity index (χ3v) is 8.17. The van der Waals surface area contributed by atoms with Gasteiger partial charge in [0.05, 0.1) is 11.6 Å². The van der Waals surface area contributed by atoms with Gasteiger partial charge in [0.15, 0.2) is 11.4 Å². The molecule has 4 rings (SSSR count). The molecule has 6 N–H and O–H groups in total. The van der Waals surface area contributed by atoms with Crippen molar-refractivity contribution in [3.63, 3.8) is 0 Å². The Balaban J connectivity index is 1.94. The van der Waals surface area contributed by atoms with Crippen molar-refractivity contribution < 1.29 is 39.2 Å². The average Bonchev–Trinajstić information content (AvgIpc) is 2.82. The third-order valence-electron chi connectivity index (χ3n) is 8.17. The second-order valence-corrected chi connectivity index (χ2v) is 11.0. The zero-order valence-corrected chi connectivity index (χ0v) is 22.7. The van der Waals surface area contributed by atoms with Gasteiger partial charge in [-0.3, -0.25) is 24.2 Å². The number of primary amides is 1. The van der Waals surface area contributed by atoms with Crippen LogP contribution in [0.3, 0.4) is 0 Å². The summed E-state index contributed by atoms with van der Waals surface area (Å²) in [5.74, 6) is -6.90. The molecule has 0 spiro atoms. The van der Waals surface area contributed by atoms with Crippen LogP contribution in [-0.4, -0.2) is 108 Å². The normalized spacial score (nSPS) is 26.6. The van der Waals surface area contributed by atoms with Gasteiger partial charge >= 0.3 is 0 Å². The van der Waals surface area contributed by atoms with Gasteiger partial charge in [-0.1, -0.05) is 0 Å². The molecule has 3 aliphatic carbocycles. The van der Waals surface area contributed by atoms with E-state index in [9.17, 15) is 39.2 Å². The number of amides is 1. The van der Waals surface area contributed by atoms with Gasteiger partial charge in [-0.15, -0.1) is 0 Å². The maximum atomic E-state index is 14.0. The molecule has 39 heavy (non-hydrogen) atoms. The topological polar surface area (TPSA) is 168 Å². The highest BCUT2D eigenvalue weighted by atomic mass is 19.1. The summed E-state index contributed by atoms with van der Waals surface area (Å²) in [5, 5.41) is 45.2. The number of benzene rings is 1. The molecule has 0 bridgehead atoms. The van der Waals surface area contributed by atoms with E-state index in [4.69, 9.17) is 5.73 Å². The highest BCUT2D eigenvalue weighted by molar-refractivity contribution is 6.24. The number of aliphatic hydroxyl groups excluding tert-OH is 2. The fourth-order valence-corrected chi connectivity index (χ4v) is 6.39. The Bertz CT molecular complexity index is 1320. The summed E-state index contributed by atoms with van der Waals surface area (Å²) < 4.78 is 12.9. The van der Waals surface area contributed by atoms with Gasteiger partial charge in [0.25, 0.3) is 5.91 Å². The van der Waals surface area contributed by atoms with Gasteiger partial charge < -0.3 is 31.1 Å². The molecule has 0 saturated carbocycles. The average molecular weight is 547 g/mol. The number of allylic oxidation sites excluding steroid dienone is 1. The minimum Gasteiger partial charge on any atom is -0.510 e. The molecule has 0 aromatic heterocycles. The fourth-order valence-electron chi connectivity index (χ4n) is 6.39. The van der Waals surface area contributed by atoms with Gasteiger partial charge in [0.1, 0.15) is 29.5 Å². The van der Waals surface area contributed by atoms with Crippen molar-refractivity contribution in [1.82, 2.24) is 9.80 Å². The lowest BCUT2D eigenvalue weighted by atomic mass is 9.58. The van der Waals surface area contributed by atoms with Crippen LogP contribution in [0.5, 0.6) is 5.75 Å². The molecule has 0 saturated heterocycles. The van der Waals surface area contributed by atoms with E-state index in [0.29, 0.717) is 16.8 Å². The Morgan fingerprint density at radius 3 is 2.33 bits per heavy atom. The van der Waals surface area contributed by atoms with Crippen LogP contribution in [0.1, 0.15) is 27.9 Å². The number of likely N-dealkylation sites (N-methyl/N-ethyl adjacent to an activating group) is 1. The van der Waals surface area contributed by atoms with Crippen molar-refractivity contribution in [2.24, 2.45) is 17.6 Å². The summed E-state index contributed by atoms with van der Waals surface area (Å²) in [6.07, 6.45) is 0.205. The summed E-state index contributed by atoms with van der Waals surface area (Å²) in [5.41, 5.74) is 3.11. The Morgan fingerprint density at radius 1 is 1.15 bits per heavy atom. The van der Waals surface area contributed by atoms with Crippen molar-refractivity contribution in [1.29, 1.82) is 0 Å². The molecule has 11 nitrogen and oxygen atoms in total. The zero-order chi connectivity index (χ0) is 29.1. The number of aromatic hydroxyl groups is 1. The molecule has 0 fully saturated rings. The van der Waals surface area contributed by atoms with Gasteiger partial charge in [-0.2, -0.15) is 0 Å². The molecule has 1 aromatic rings. The highest BCUT2D eigenvalue weighted by Crippen LogP contribution is 2.53.